The lowest BCUT2D eigenvalue weighted by molar-refractivity contribution is -0.141. The smallest absolute Gasteiger partial charge is 0.325 e. The fraction of sp³-hybridized carbons (Fsp3) is 0.133. The van der Waals surface area contributed by atoms with Gasteiger partial charge in [-0.25, -0.2) is 0 Å². The molecule has 7 rings (SSSR count). The van der Waals surface area contributed by atoms with Gasteiger partial charge in [0.05, 0.1) is 14.2 Å². The maximum Gasteiger partial charge on any atom is 0.325 e. The van der Waals surface area contributed by atoms with Gasteiger partial charge in [0, 0.05) is 33.0 Å². The maximum absolute atomic E-state index is 13.4. The van der Waals surface area contributed by atoms with Crippen LogP contribution in [-0.2, 0) is 19.1 Å². The fourth-order valence-electron chi connectivity index (χ4n) is 6.04. The molecule has 40 heavy (non-hydrogen) atoms. The van der Waals surface area contributed by atoms with E-state index in [1.807, 2.05) is 0 Å². The molecule has 2 aliphatic heterocycles. The second-order valence-corrected chi connectivity index (χ2v) is 9.69. The van der Waals surface area contributed by atoms with Crippen molar-refractivity contribution in [1.29, 1.82) is 0 Å². The lowest BCUT2D eigenvalue weighted by Gasteiger charge is -2.29. The van der Waals surface area contributed by atoms with Crippen LogP contribution in [-0.4, -0.2) is 72.7 Å². The van der Waals surface area contributed by atoms with Gasteiger partial charge in [0.2, 0.25) is 0 Å². The van der Waals surface area contributed by atoms with Crippen LogP contribution in [0.4, 0.5) is 0 Å². The Labute approximate surface area is 224 Å². The molecule has 5 aromatic carbocycles. The second-order valence-electron chi connectivity index (χ2n) is 9.69. The number of carbonyl (C=O) groups excluding carboxylic acids is 6. The SMILES string of the molecule is COC(=O)CN1C(=O)c2ccc3c4ccc5c6c(ccc(c7ccc(c2c37)C1=O)c64)C(=O)N(CC(=O)OC)C5=O. The molecule has 0 aliphatic carbocycles. The number of hydrogen-bond donors (Lipinski definition) is 0. The fourth-order valence-corrected chi connectivity index (χ4v) is 6.04. The molecule has 5 aromatic rings. The van der Waals surface area contributed by atoms with Crippen molar-refractivity contribution in [3.05, 3.63) is 70.8 Å². The summed E-state index contributed by atoms with van der Waals surface area (Å²) in [5, 5.41) is 5.34. The Balaban J connectivity index is 1.52. The normalized spacial score (nSPS) is 14.8. The van der Waals surface area contributed by atoms with Crippen LogP contribution in [0.1, 0.15) is 41.4 Å². The van der Waals surface area contributed by atoms with Gasteiger partial charge in [0.15, 0.2) is 0 Å². The van der Waals surface area contributed by atoms with Crippen LogP contribution < -0.4 is 0 Å². The summed E-state index contributed by atoms with van der Waals surface area (Å²) in [4.78, 5) is 79.0. The summed E-state index contributed by atoms with van der Waals surface area (Å²) in [6.45, 7) is -0.997. The highest BCUT2D eigenvalue weighted by Crippen LogP contribution is 2.46. The van der Waals surface area contributed by atoms with Crippen LogP contribution >= 0.6 is 0 Å². The molecule has 4 amide bonds. The van der Waals surface area contributed by atoms with Gasteiger partial charge in [-0.15, -0.1) is 0 Å². The van der Waals surface area contributed by atoms with E-state index in [1.54, 1.807) is 48.5 Å². The summed E-state index contributed by atoms with van der Waals surface area (Å²) in [5.74, 6) is -3.79. The van der Waals surface area contributed by atoms with Crippen molar-refractivity contribution < 1.29 is 38.2 Å². The number of methoxy groups -OCH3 is 2. The first-order valence-corrected chi connectivity index (χ1v) is 12.3. The van der Waals surface area contributed by atoms with Gasteiger partial charge in [-0.1, -0.05) is 24.3 Å². The predicted molar refractivity (Wildman–Crippen MR) is 142 cm³/mol. The predicted octanol–water partition coefficient (Wildman–Crippen LogP) is 3.28. The molecule has 10 heteroatoms. The zero-order valence-electron chi connectivity index (χ0n) is 21.2. The molecular formula is C30H18N2O8. The first-order valence-electron chi connectivity index (χ1n) is 12.3. The molecule has 0 aromatic heterocycles. The average Bonchev–Trinajstić information content (AvgIpc) is 2.97. The average molecular weight is 534 g/mol. The van der Waals surface area contributed by atoms with Gasteiger partial charge in [-0.05, 0) is 56.6 Å². The molecule has 0 saturated carbocycles. The monoisotopic (exact) mass is 534 g/mol. The number of rotatable bonds is 4. The van der Waals surface area contributed by atoms with Gasteiger partial charge in [0.1, 0.15) is 13.1 Å². The zero-order chi connectivity index (χ0) is 28.0. The van der Waals surface area contributed by atoms with E-state index in [1.165, 1.54) is 14.2 Å². The van der Waals surface area contributed by atoms with E-state index >= 15 is 0 Å². The van der Waals surface area contributed by atoms with Crippen molar-refractivity contribution in [2.24, 2.45) is 0 Å². The van der Waals surface area contributed by atoms with E-state index in [2.05, 4.69) is 9.47 Å². The minimum absolute atomic E-state index is 0.289. The molecule has 0 atom stereocenters. The minimum Gasteiger partial charge on any atom is -0.468 e. The lowest BCUT2D eigenvalue weighted by Crippen LogP contribution is -2.43. The van der Waals surface area contributed by atoms with Gasteiger partial charge in [0.25, 0.3) is 23.6 Å². The van der Waals surface area contributed by atoms with Crippen LogP contribution in [0.25, 0.3) is 43.1 Å². The van der Waals surface area contributed by atoms with Crippen molar-refractivity contribution >= 4 is 78.7 Å². The van der Waals surface area contributed by atoms with Gasteiger partial charge < -0.3 is 9.47 Å². The molecule has 2 aliphatic rings. The standard InChI is InChI=1S/C30H18N2O8/c1-39-21(33)11-31-27(35)17-7-3-13-15-5-9-19-26-20(30(38)32(29(19)37)12-22(34)40-2)10-6-16(24(15)26)14-4-8-18(28(31)36)25(17)23(13)14/h3-10H,11-12H2,1-2H3. The topological polar surface area (TPSA) is 127 Å². The highest BCUT2D eigenvalue weighted by atomic mass is 16.5. The number of benzene rings is 5. The Morgan fingerprint density at radius 1 is 0.500 bits per heavy atom. The highest BCUT2D eigenvalue weighted by molar-refractivity contribution is 6.41. The zero-order valence-corrected chi connectivity index (χ0v) is 21.2. The van der Waals surface area contributed by atoms with Crippen LogP contribution in [0, 0.1) is 0 Å². The third-order valence-corrected chi connectivity index (χ3v) is 7.83. The summed E-state index contributed by atoms with van der Waals surface area (Å²) in [5.41, 5.74) is 1.16. The third kappa shape index (κ3) is 2.87. The second kappa shape index (κ2) is 8.06. The number of nitrogens with zero attached hydrogens (tertiary/aromatic N) is 2. The Bertz CT molecular complexity index is 1790. The Morgan fingerprint density at radius 2 is 0.775 bits per heavy atom. The molecule has 0 spiro atoms. The summed E-state index contributed by atoms with van der Waals surface area (Å²) in [6.07, 6.45) is 0. The largest absolute Gasteiger partial charge is 0.468 e. The number of fused-ring (bicyclic) bond motifs is 2. The van der Waals surface area contributed by atoms with Crippen molar-refractivity contribution in [3.63, 3.8) is 0 Å². The number of ether oxygens (including phenoxy) is 2. The Hall–Kier alpha value is -5.38. The van der Waals surface area contributed by atoms with Crippen LogP contribution in [0.2, 0.25) is 0 Å². The molecule has 2 heterocycles. The molecule has 0 fully saturated rings. The quantitative estimate of drug-likeness (QED) is 0.149. The first kappa shape index (κ1) is 23.7. The molecule has 0 N–H and O–H groups in total. The third-order valence-electron chi connectivity index (χ3n) is 7.83. The summed E-state index contributed by atoms with van der Waals surface area (Å²) in [6, 6.07) is 13.6. The summed E-state index contributed by atoms with van der Waals surface area (Å²) < 4.78 is 9.34. The van der Waals surface area contributed by atoms with Crippen LogP contribution in [0.5, 0.6) is 0 Å². The Kier molecular flexibility index (Phi) is 4.78. The molecule has 0 saturated heterocycles. The number of hydrogen-bond acceptors (Lipinski definition) is 8. The van der Waals surface area contributed by atoms with E-state index in [-0.39, 0.29) is 22.3 Å². The molecule has 196 valence electrons. The van der Waals surface area contributed by atoms with Gasteiger partial charge in [-0.3, -0.25) is 38.6 Å². The Morgan fingerprint density at radius 3 is 1.02 bits per heavy atom. The van der Waals surface area contributed by atoms with E-state index < -0.39 is 48.7 Å². The maximum atomic E-state index is 13.4. The number of carbonyl (C=O) groups is 6. The molecular weight excluding hydrogens is 516 g/mol. The number of imide groups is 2. The molecule has 0 unspecified atom stereocenters. The lowest BCUT2D eigenvalue weighted by atomic mass is 9.82. The van der Waals surface area contributed by atoms with Gasteiger partial charge >= 0.3 is 11.9 Å². The highest BCUT2D eigenvalue weighted by Gasteiger charge is 2.38. The molecule has 0 radical (unpaired) electrons. The van der Waals surface area contributed by atoms with Gasteiger partial charge in [-0.2, -0.15) is 0 Å². The van der Waals surface area contributed by atoms with Crippen molar-refractivity contribution in [3.8, 4) is 0 Å². The van der Waals surface area contributed by atoms with Crippen LogP contribution in [0.15, 0.2) is 48.5 Å². The van der Waals surface area contributed by atoms with Crippen molar-refractivity contribution in [1.82, 2.24) is 9.80 Å². The first-order chi connectivity index (χ1) is 19.3. The minimum atomic E-state index is -0.710. The molecule has 0 bridgehead atoms. The van der Waals surface area contributed by atoms with E-state index in [4.69, 9.17) is 0 Å². The summed E-state index contributed by atoms with van der Waals surface area (Å²) >= 11 is 0. The summed E-state index contributed by atoms with van der Waals surface area (Å²) in [7, 11) is 2.37. The van der Waals surface area contributed by atoms with Crippen molar-refractivity contribution in [2.45, 2.75) is 0 Å². The van der Waals surface area contributed by atoms with E-state index in [0.717, 1.165) is 31.3 Å². The van der Waals surface area contributed by atoms with E-state index in [0.29, 0.717) is 21.5 Å². The molecule has 10 nitrogen and oxygen atoms in total. The van der Waals surface area contributed by atoms with Crippen LogP contribution in [0.3, 0.4) is 0 Å². The number of amides is 4. The van der Waals surface area contributed by atoms with E-state index in [9.17, 15) is 28.8 Å². The number of esters is 2. The van der Waals surface area contributed by atoms with Crippen molar-refractivity contribution in [2.75, 3.05) is 27.3 Å².